The molecular weight excluding hydrogens is 226 g/mol. The average molecular weight is 243 g/mol. The van der Waals surface area contributed by atoms with Crippen LogP contribution >= 0.6 is 0 Å². The number of rotatable bonds is 3. The summed E-state index contributed by atoms with van der Waals surface area (Å²) in [5, 5.41) is 4.65. The van der Waals surface area contributed by atoms with Gasteiger partial charge in [-0.3, -0.25) is 4.79 Å². The molecule has 0 saturated heterocycles. The first-order valence-electron chi connectivity index (χ1n) is 6.35. The number of carbonyl (C=O) groups is 1. The molecule has 4 N–H and O–H groups in total. The maximum Gasteiger partial charge on any atom is 0.249 e. The molecule has 1 aromatic heterocycles. The molecule has 0 spiro atoms. The molecule has 0 bridgehead atoms. The number of hydrogen-bond acceptors (Lipinski definition) is 2. The van der Waals surface area contributed by atoms with E-state index in [0.29, 0.717) is 11.6 Å². The SMILES string of the molecule is CCNC1Cc2c[nH]c3ccc(C(N)=O)c(c23)C1. The predicted octanol–water partition coefficient (Wildman–Crippen LogP) is 1.34. The van der Waals surface area contributed by atoms with E-state index in [2.05, 4.69) is 17.2 Å². The van der Waals surface area contributed by atoms with Crippen molar-refractivity contribution in [3.63, 3.8) is 0 Å². The summed E-state index contributed by atoms with van der Waals surface area (Å²) in [6, 6.07) is 4.16. The van der Waals surface area contributed by atoms with Gasteiger partial charge in [-0.2, -0.15) is 0 Å². The van der Waals surface area contributed by atoms with E-state index in [1.807, 2.05) is 18.3 Å². The molecule has 0 aliphatic heterocycles. The third-order valence-electron chi connectivity index (χ3n) is 3.71. The second-order valence-electron chi connectivity index (χ2n) is 4.86. The van der Waals surface area contributed by atoms with E-state index in [9.17, 15) is 4.79 Å². The number of H-pyrrole nitrogens is 1. The normalized spacial score (nSPS) is 18.2. The Kier molecular flexibility index (Phi) is 2.59. The minimum atomic E-state index is -0.337. The van der Waals surface area contributed by atoms with Gasteiger partial charge >= 0.3 is 0 Å². The van der Waals surface area contributed by atoms with Crippen LogP contribution in [0.15, 0.2) is 18.3 Å². The molecular formula is C14H17N3O. The molecule has 18 heavy (non-hydrogen) atoms. The molecule has 1 heterocycles. The number of primary amides is 1. The highest BCUT2D eigenvalue weighted by atomic mass is 16.1. The van der Waals surface area contributed by atoms with Crippen molar-refractivity contribution < 1.29 is 4.79 Å². The first-order valence-corrected chi connectivity index (χ1v) is 6.35. The van der Waals surface area contributed by atoms with Crippen molar-refractivity contribution in [3.8, 4) is 0 Å². The Balaban J connectivity index is 2.18. The fourth-order valence-electron chi connectivity index (χ4n) is 2.99. The zero-order chi connectivity index (χ0) is 12.7. The number of amides is 1. The molecule has 0 saturated carbocycles. The molecule has 2 aromatic rings. The molecule has 1 atom stereocenters. The van der Waals surface area contributed by atoms with Gasteiger partial charge in [0.05, 0.1) is 0 Å². The number of nitrogens with two attached hydrogens (primary N) is 1. The summed E-state index contributed by atoms with van der Waals surface area (Å²) in [4.78, 5) is 14.8. The zero-order valence-corrected chi connectivity index (χ0v) is 10.4. The van der Waals surface area contributed by atoms with Crippen LogP contribution in [0.5, 0.6) is 0 Å². The van der Waals surface area contributed by atoms with Crippen LogP contribution in [0.3, 0.4) is 0 Å². The quantitative estimate of drug-likeness (QED) is 0.761. The highest BCUT2D eigenvalue weighted by Crippen LogP contribution is 2.31. The van der Waals surface area contributed by atoms with Crippen molar-refractivity contribution >= 4 is 16.8 Å². The van der Waals surface area contributed by atoms with Crippen molar-refractivity contribution in [1.29, 1.82) is 0 Å². The summed E-state index contributed by atoms with van der Waals surface area (Å²) >= 11 is 0. The fourth-order valence-corrected chi connectivity index (χ4v) is 2.99. The van der Waals surface area contributed by atoms with Crippen LogP contribution in [0.2, 0.25) is 0 Å². The smallest absolute Gasteiger partial charge is 0.249 e. The van der Waals surface area contributed by atoms with Crippen LogP contribution in [-0.2, 0) is 12.8 Å². The maximum absolute atomic E-state index is 11.5. The largest absolute Gasteiger partial charge is 0.366 e. The van der Waals surface area contributed by atoms with Crippen LogP contribution in [0.1, 0.15) is 28.4 Å². The van der Waals surface area contributed by atoms with Gasteiger partial charge in [-0.05, 0) is 42.6 Å². The second kappa shape index (κ2) is 4.14. The molecule has 0 fully saturated rings. The van der Waals surface area contributed by atoms with Gasteiger partial charge in [0, 0.05) is 28.7 Å². The van der Waals surface area contributed by atoms with Crippen LogP contribution in [0, 0.1) is 0 Å². The fraction of sp³-hybridized carbons (Fsp3) is 0.357. The predicted molar refractivity (Wildman–Crippen MR) is 71.7 cm³/mol. The Bertz CT molecular complexity index is 615. The number of carbonyl (C=O) groups excluding carboxylic acids is 1. The molecule has 1 aliphatic carbocycles. The van der Waals surface area contributed by atoms with Crippen LogP contribution in [-0.4, -0.2) is 23.5 Å². The number of hydrogen-bond donors (Lipinski definition) is 3. The van der Waals surface area contributed by atoms with Gasteiger partial charge in [-0.1, -0.05) is 6.92 Å². The summed E-state index contributed by atoms with van der Waals surface area (Å²) in [6.45, 7) is 3.04. The van der Waals surface area contributed by atoms with Gasteiger partial charge in [0.15, 0.2) is 0 Å². The van der Waals surface area contributed by atoms with Crippen LogP contribution in [0.4, 0.5) is 0 Å². The van der Waals surface area contributed by atoms with Crippen molar-refractivity contribution in [1.82, 2.24) is 10.3 Å². The standard InChI is InChI=1S/C14H17N3O/c1-2-16-9-5-8-7-17-12-4-3-10(14(15)18)11(6-9)13(8)12/h3-4,7,9,16-17H,2,5-6H2,1H3,(H2,15,18). The number of benzene rings is 1. The number of likely N-dealkylation sites (N-methyl/N-ethyl adjacent to an activating group) is 1. The Morgan fingerprint density at radius 2 is 2.33 bits per heavy atom. The minimum absolute atomic E-state index is 0.337. The van der Waals surface area contributed by atoms with E-state index in [1.54, 1.807) is 0 Å². The van der Waals surface area contributed by atoms with Crippen LogP contribution in [0.25, 0.3) is 10.9 Å². The lowest BCUT2D eigenvalue weighted by molar-refractivity contribution is 0.0999. The topological polar surface area (TPSA) is 70.9 Å². The lowest BCUT2D eigenvalue weighted by Gasteiger charge is -2.24. The van der Waals surface area contributed by atoms with Crippen molar-refractivity contribution in [2.45, 2.75) is 25.8 Å². The Hall–Kier alpha value is -1.81. The summed E-state index contributed by atoms with van der Waals surface area (Å²) in [5.41, 5.74) is 9.60. The minimum Gasteiger partial charge on any atom is -0.366 e. The third-order valence-corrected chi connectivity index (χ3v) is 3.71. The monoisotopic (exact) mass is 243 g/mol. The molecule has 1 amide bonds. The molecule has 0 radical (unpaired) electrons. The van der Waals surface area contributed by atoms with E-state index in [1.165, 1.54) is 10.9 Å². The Labute approximate surface area is 106 Å². The van der Waals surface area contributed by atoms with Gasteiger partial charge in [-0.25, -0.2) is 0 Å². The Morgan fingerprint density at radius 3 is 3.06 bits per heavy atom. The van der Waals surface area contributed by atoms with Crippen LogP contribution < -0.4 is 11.1 Å². The maximum atomic E-state index is 11.5. The second-order valence-corrected chi connectivity index (χ2v) is 4.86. The zero-order valence-electron chi connectivity index (χ0n) is 10.4. The van der Waals surface area contributed by atoms with Gasteiger partial charge in [0.25, 0.3) is 0 Å². The number of aromatic amines is 1. The molecule has 3 rings (SSSR count). The van der Waals surface area contributed by atoms with E-state index in [0.717, 1.165) is 30.5 Å². The van der Waals surface area contributed by atoms with Crippen molar-refractivity contribution in [2.75, 3.05) is 6.54 Å². The summed E-state index contributed by atoms with van der Waals surface area (Å²) in [5.74, 6) is -0.337. The molecule has 4 heteroatoms. The summed E-state index contributed by atoms with van der Waals surface area (Å²) < 4.78 is 0. The van der Waals surface area contributed by atoms with Crippen molar-refractivity contribution in [3.05, 3.63) is 35.0 Å². The lowest BCUT2D eigenvalue weighted by Crippen LogP contribution is -2.35. The molecule has 4 nitrogen and oxygen atoms in total. The average Bonchev–Trinajstić information content (AvgIpc) is 2.74. The summed E-state index contributed by atoms with van der Waals surface area (Å²) in [6.07, 6.45) is 3.92. The van der Waals surface area contributed by atoms with Gasteiger partial charge in [0.2, 0.25) is 5.91 Å². The molecule has 1 unspecified atom stereocenters. The van der Waals surface area contributed by atoms with E-state index in [-0.39, 0.29) is 5.91 Å². The first-order chi connectivity index (χ1) is 8.70. The van der Waals surface area contributed by atoms with E-state index < -0.39 is 0 Å². The lowest BCUT2D eigenvalue weighted by atomic mass is 9.86. The Morgan fingerprint density at radius 1 is 1.50 bits per heavy atom. The first kappa shape index (κ1) is 11.3. The van der Waals surface area contributed by atoms with Gasteiger partial charge in [-0.15, -0.1) is 0 Å². The highest BCUT2D eigenvalue weighted by Gasteiger charge is 2.24. The highest BCUT2D eigenvalue weighted by molar-refractivity contribution is 6.01. The van der Waals surface area contributed by atoms with Gasteiger partial charge < -0.3 is 16.0 Å². The van der Waals surface area contributed by atoms with E-state index in [4.69, 9.17) is 5.73 Å². The number of nitrogens with one attached hydrogen (secondary N) is 2. The summed E-state index contributed by atoms with van der Waals surface area (Å²) in [7, 11) is 0. The van der Waals surface area contributed by atoms with Crippen molar-refractivity contribution in [2.24, 2.45) is 5.73 Å². The number of aromatic nitrogens is 1. The van der Waals surface area contributed by atoms with Gasteiger partial charge in [0.1, 0.15) is 0 Å². The molecule has 1 aromatic carbocycles. The molecule has 1 aliphatic rings. The third kappa shape index (κ3) is 1.61. The molecule has 94 valence electrons. The van der Waals surface area contributed by atoms with E-state index >= 15 is 0 Å².